The zero-order chi connectivity index (χ0) is 14.7. The van der Waals surface area contributed by atoms with Crippen LogP contribution in [0.4, 0.5) is 11.5 Å². The van der Waals surface area contributed by atoms with Crippen molar-refractivity contribution in [2.75, 3.05) is 25.5 Å². The van der Waals surface area contributed by atoms with Gasteiger partial charge in [0, 0.05) is 38.3 Å². The third kappa shape index (κ3) is 3.04. The summed E-state index contributed by atoms with van der Waals surface area (Å²) in [6, 6.07) is 1.61. The quantitative estimate of drug-likeness (QED) is 0.667. The number of aromatic nitrogens is 1. The smallest absolute Gasteiger partial charge is 0.314 e. The number of nitrogens with one attached hydrogen (secondary N) is 1. The van der Waals surface area contributed by atoms with E-state index in [1.807, 2.05) is 0 Å². The van der Waals surface area contributed by atoms with Crippen LogP contribution in [0.5, 0.6) is 0 Å². The maximum absolute atomic E-state index is 11.6. The predicted molar refractivity (Wildman–Crippen MR) is 74.5 cm³/mol. The van der Waals surface area contributed by atoms with Crippen molar-refractivity contribution in [2.45, 2.75) is 19.8 Å². The summed E-state index contributed by atoms with van der Waals surface area (Å²) in [4.78, 5) is 28.0. The Bertz CT molecular complexity index is 532. The van der Waals surface area contributed by atoms with E-state index >= 15 is 0 Å². The number of hydrogen-bond acceptors (Lipinski definition) is 5. The Hall–Kier alpha value is -2.18. The molecule has 1 atom stereocenters. The SMILES string of the molecule is Cc1ccnc(NC[C@@H]2CCN(C)C(=O)C2)c1[N+](=O)[O-]. The molecule has 1 aromatic rings. The summed E-state index contributed by atoms with van der Waals surface area (Å²) >= 11 is 0. The molecule has 2 heterocycles. The van der Waals surface area contributed by atoms with E-state index in [-0.39, 0.29) is 23.3 Å². The summed E-state index contributed by atoms with van der Waals surface area (Å²) in [6.07, 6.45) is 2.92. The largest absolute Gasteiger partial charge is 0.364 e. The molecule has 1 aliphatic heterocycles. The zero-order valence-electron chi connectivity index (χ0n) is 11.6. The molecule has 20 heavy (non-hydrogen) atoms. The molecule has 1 aliphatic rings. The van der Waals surface area contributed by atoms with Crippen molar-refractivity contribution in [3.63, 3.8) is 0 Å². The van der Waals surface area contributed by atoms with E-state index in [4.69, 9.17) is 0 Å². The number of hydrogen-bond donors (Lipinski definition) is 1. The van der Waals surface area contributed by atoms with E-state index < -0.39 is 4.92 Å². The normalized spacial score (nSPS) is 19.0. The summed E-state index contributed by atoms with van der Waals surface area (Å²) in [7, 11) is 1.79. The minimum Gasteiger partial charge on any atom is -0.364 e. The second kappa shape index (κ2) is 5.85. The lowest BCUT2D eigenvalue weighted by Gasteiger charge is -2.28. The van der Waals surface area contributed by atoms with E-state index in [9.17, 15) is 14.9 Å². The van der Waals surface area contributed by atoms with Gasteiger partial charge in [0.2, 0.25) is 11.7 Å². The second-order valence-corrected chi connectivity index (χ2v) is 5.14. The molecule has 1 aromatic heterocycles. The van der Waals surface area contributed by atoms with Crippen LogP contribution in [0.1, 0.15) is 18.4 Å². The molecule has 0 unspecified atom stereocenters. The first-order valence-electron chi connectivity index (χ1n) is 6.57. The molecule has 0 spiro atoms. The standard InChI is InChI=1S/C13H18N4O3/c1-9-3-5-14-13(12(9)17(19)20)15-8-10-4-6-16(2)11(18)7-10/h3,5,10H,4,6-8H2,1-2H3,(H,14,15)/t10-/m1/s1. The van der Waals surface area contributed by atoms with Gasteiger partial charge in [0.25, 0.3) is 0 Å². The molecule has 0 aliphatic carbocycles. The molecule has 7 nitrogen and oxygen atoms in total. The molecule has 0 aromatic carbocycles. The van der Waals surface area contributed by atoms with Gasteiger partial charge in [0.05, 0.1) is 4.92 Å². The lowest BCUT2D eigenvalue weighted by atomic mass is 9.96. The van der Waals surface area contributed by atoms with Crippen LogP contribution in [0.2, 0.25) is 0 Å². The highest BCUT2D eigenvalue weighted by Gasteiger charge is 2.24. The first kappa shape index (κ1) is 14.2. The fourth-order valence-corrected chi connectivity index (χ4v) is 2.33. The van der Waals surface area contributed by atoms with Gasteiger partial charge in [-0.05, 0) is 25.3 Å². The average Bonchev–Trinajstić information content (AvgIpc) is 2.39. The van der Waals surface area contributed by atoms with E-state index in [1.165, 1.54) is 0 Å². The molecule has 2 rings (SSSR count). The van der Waals surface area contributed by atoms with Crippen LogP contribution in [0.25, 0.3) is 0 Å². The van der Waals surface area contributed by atoms with Gasteiger partial charge < -0.3 is 10.2 Å². The molecule has 0 saturated carbocycles. The number of rotatable bonds is 4. The van der Waals surface area contributed by atoms with Gasteiger partial charge in [-0.2, -0.15) is 0 Å². The van der Waals surface area contributed by atoms with E-state index in [1.54, 1.807) is 31.1 Å². The molecule has 108 valence electrons. The lowest BCUT2D eigenvalue weighted by molar-refractivity contribution is -0.384. The second-order valence-electron chi connectivity index (χ2n) is 5.14. The first-order chi connectivity index (χ1) is 9.49. The summed E-state index contributed by atoms with van der Waals surface area (Å²) in [6.45, 7) is 2.94. The van der Waals surface area contributed by atoms with Crippen molar-refractivity contribution in [1.29, 1.82) is 0 Å². The van der Waals surface area contributed by atoms with Crippen LogP contribution in [0.3, 0.4) is 0 Å². The zero-order valence-corrected chi connectivity index (χ0v) is 11.6. The fourth-order valence-electron chi connectivity index (χ4n) is 2.33. The number of aryl methyl sites for hydroxylation is 1. The highest BCUT2D eigenvalue weighted by atomic mass is 16.6. The van der Waals surface area contributed by atoms with Crippen LogP contribution in [-0.4, -0.2) is 40.9 Å². The van der Waals surface area contributed by atoms with Gasteiger partial charge in [-0.3, -0.25) is 14.9 Å². The van der Waals surface area contributed by atoms with Gasteiger partial charge >= 0.3 is 5.69 Å². The van der Waals surface area contributed by atoms with Gasteiger partial charge in [-0.1, -0.05) is 0 Å². The number of nitro groups is 1. The third-order valence-electron chi connectivity index (χ3n) is 3.63. The topological polar surface area (TPSA) is 88.4 Å². The molecule has 0 radical (unpaired) electrons. The number of carbonyl (C=O) groups is 1. The van der Waals surface area contributed by atoms with E-state index in [0.29, 0.717) is 18.5 Å². The number of likely N-dealkylation sites (tertiary alicyclic amines) is 1. The van der Waals surface area contributed by atoms with E-state index in [2.05, 4.69) is 10.3 Å². The Balaban J connectivity index is 2.03. The minimum absolute atomic E-state index is 0.00625. The monoisotopic (exact) mass is 278 g/mol. The molecular weight excluding hydrogens is 260 g/mol. The number of nitrogens with zero attached hydrogens (tertiary/aromatic N) is 3. The van der Waals surface area contributed by atoms with Crippen LogP contribution in [0, 0.1) is 23.0 Å². The molecule has 1 amide bonds. The van der Waals surface area contributed by atoms with Crippen LogP contribution in [0.15, 0.2) is 12.3 Å². The Morgan fingerprint density at radius 1 is 1.60 bits per heavy atom. The maximum atomic E-state index is 11.6. The Kier molecular flexibility index (Phi) is 4.16. The highest BCUT2D eigenvalue weighted by Crippen LogP contribution is 2.26. The lowest BCUT2D eigenvalue weighted by Crippen LogP contribution is -2.37. The third-order valence-corrected chi connectivity index (χ3v) is 3.63. The van der Waals surface area contributed by atoms with Gasteiger partial charge in [0.1, 0.15) is 0 Å². The number of piperidine rings is 1. The van der Waals surface area contributed by atoms with Crippen molar-refractivity contribution in [1.82, 2.24) is 9.88 Å². The summed E-state index contributed by atoms with van der Waals surface area (Å²) in [5.74, 6) is 0.594. The van der Waals surface area contributed by atoms with Crippen molar-refractivity contribution in [3.05, 3.63) is 27.9 Å². The highest BCUT2D eigenvalue weighted by molar-refractivity contribution is 5.77. The summed E-state index contributed by atoms with van der Waals surface area (Å²) in [5, 5.41) is 14.1. The number of pyridine rings is 1. The van der Waals surface area contributed by atoms with Crippen LogP contribution in [-0.2, 0) is 4.79 Å². The van der Waals surface area contributed by atoms with Gasteiger partial charge in [0.15, 0.2) is 0 Å². The Morgan fingerprint density at radius 3 is 3.00 bits per heavy atom. The number of carbonyl (C=O) groups excluding carboxylic acids is 1. The Labute approximate surface area is 117 Å². The predicted octanol–water partition coefficient (Wildman–Crippen LogP) is 1.58. The van der Waals surface area contributed by atoms with Crippen molar-refractivity contribution >= 4 is 17.4 Å². The number of amides is 1. The first-order valence-corrected chi connectivity index (χ1v) is 6.57. The fraction of sp³-hybridized carbons (Fsp3) is 0.538. The minimum atomic E-state index is -0.426. The molecule has 7 heteroatoms. The Morgan fingerprint density at radius 2 is 2.35 bits per heavy atom. The molecule has 0 bridgehead atoms. The van der Waals surface area contributed by atoms with Crippen LogP contribution >= 0.6 is 0 Å². The maximum Gasteiger partial charge on any atom is 0.314 e. The van der Waals surface area contributed by atoms with Crippen molar-refractivity contribution in [2.24, 2.45) is 5.92 Å². The molecular formula is C13H18N4O3. The average molecular weight is 278 g/mol. The van der Waals surface area contributed by atoms with Crippen molar-refractivity contribution < 1.29 is 9.72 Å². The summed E-state index contributed by atoms with van der Waals surface area (Å²) in [5.41, 5.74) is 0.582. The number of anilines is 1. The molecule has 1 N–H and O–H groups in total. The van der Waals surface area contributed by atoms with E-state index in [0.717, 1.165) is 13.0 Å². The molecule has 1 saturated heterocycles. The summed E-state index contributed by atoms with van der Waals surface area (Å²) < 4.78 is 0. The van der Waals surface area contributed by atoms with Crippen molar-refractivity contribution in [3.8, 4) is 0 Å². The van der Waals surface area contributed by atoms with Crippen LogP contribution < -0.4 is 5.32 Å². The van der Waals surface area contributed by atoms with Gasteiger partial charge in [-0.25, -0.2) is 4.98 Å². The molecule has 1 fully saturated rings. The van der Waals surface area contributed by atoms with Gasteiger partial charge in [-0.15, -0.1) is 0 Å².